The average Bonchev–Trinajstić information content (AvgIpc) is 3.13. The number of carbonyl (C=O) groups is 8. The quantitative estimate of drug-likeness (QED) is 0.0391. The third-order valence-electron chi connectivity index (χ3n) is 7.36. The van der Waals surface area contributed by atoms with Gasteiger partial charge in [-0.05, 0) is 91.5 Å². The summed E-state index contributed by atoms with van der Waals surface area (Å²) in [5, 5.41) is 27.4. The lowest BCUT2D eigenvalue weighted by Gasteiger charge is -2.26. The number of nitrogens with two attached hydrogens (primary N) is 1. The van der Waals surface area contributed by atoms with Crippen molar-refractivity contribution in [2.75, 3.05) is 13.1 Å². The summed E-state index contributed by atoms with van der Waals surface area (Å²) >= 11 is 0. The molecule has 25 heteroatoms. The van der Waals surface area contributed by atoms with Gasteiger partial charge in [-0.1, -0.05) is 44.2 Å². The van der Waals surface area contributed by atoms with Crippen molar-refractivity contribution in [3.05, 3.63) is 35.9 Å². The zero-order valence-corrected chi connectivity index (χ0v) is 36.8. The molecule has 0 heterocycles. The topological polar surface area (TPSA) is 291 Å². The van der Waals surface area contributed by atoms with Gasteiger partial charge in [0, 0.05) is 13.1 Å². The Hall–Kier alpha value is -6.04. The number of hydrogen-bond donors (Lipinski definition) is 8. The Balaban J connectivity index is 0. The van der Waals surface area contributed by atoms with Gasteiger partial charge in [-0.15, -0.1) is 0 Å². The highest BCUT2D eigenvalue weighted by Gasteiger charge is 2.39. The average molecular weight is 935 g/mol. The summed E-state index contributed by atoms with van der Waals surface area (Å²) in [6.45, 7) is 14.5. The predicted molar refractivity (Wildman–Crippen MR) is 215 cm³/mol. The number of halogens is 6. The molecule has 0 aliphatic heterocycles. The Morgan fingerprint density at radius 3 is 1.47 bits per heavy atom. The molecule has 6 amide bonds. The lowest BCUT2D eigenvalue weighted by Crippen LogP contribution is -2.57. The Labute approximate surface area is 366 Å². The molecule has 0 aromatic heterocycles. The molecular formula is C39H60F6N6O13. The molecule has 0 unspecified atom stereocenters. The number of unbranched alkanes of at least 4 members (excludes halogenated alkanes) is 2. The molecule has 19 nitrogen and oxygen atoms in total. The second-order valence-electron chi connectivity index (χ2n) is 15.9. The number of amides is 6. The number of hydrogen-bond acceptors (Lipinski definition) is 11. The van der Waals surface area contributed by atoms with Crippen LogP contribution in [0.4, 0.5) is 40.7 Å². The number of benzene rings is 1. The fourth-order valence-corrected chi connectivity index (χ4v) is 4.49. The van der Waals surface area contributed by atoms with Gasteiger partial charge in [0.25, 0.3) is 0 Å². The summed E-state index contributed by atoms with van der Waals surface area (Å²) in [5.74, 6) is -7.83. The Morgan fingerprint density at radius 1 is 0.641 bits per heavy atom. The maximum absolute atomic E-state index is 13.3. The number of carboxylic acid groups (broad SMARTS) is 2. The smallest absolute Gasteiger partial charge is 0.475 e. The van der Waals surface area contributed by atoms with E-state index in [1.165, 1.54) is 0 Å². The molecule has 0 radical (unpaired) electrons. The van der Waals surface area contributed by atoms with Gasteiger partial charge < -0.3 is 56.7 Å². The summed E-state index contributed by atoms with van der Waals surface area (Å²) < 4.78 is 79.4. The van der Waals surface area contributed by atoms with Crippen LogP contribution in [0.5, 0.6) is 0 Å². The van der Waals surface area contributed by atoms with E-state index in [0.29, 0.717) is 32.2 Å². The van der Waals surface area contributed by atoms with Crippen LogP contribution < -0.4 is 32.3 Å². The van der Waals surface area contributed by atoms with Gasteiger partial charge in [-0.2, -0.15) is 26.3 Å². The second-order valence-corrected chi connectivity index (χ2v) is 15.9. The van der Waals surface area contributed by atoms with Crippen molar-refractivity contribution in [2.45, 2.75) is 142 Å². The predicted octanol–water partition coefficient (Wildman–Crippen LogP) is 5.05. The monoisotopic (exact) mass is 934 g/mol. The normalized spacial score (nSPS) is 12.8. The molecule has 1 aromatic rings. The number of carbonyl (C=O) groups excluding carboxylic acids is 6. The van der Waals surface area contributed by atoms with Crippen LogP contribution in [0.15, 0.2) is 30.3 Å². The Kier molecular flexibility index (Phi) is 26.8. The lowest BCUT2D eigenvalue weighted by molar-refractivity contribution is -0.193. The molecule has 9 N–H and O–H groups in total. The highest BCUT2D eigenvalue weighted by atomic mass is 19.4. The Bertz CT molecular complexity index is 1630. The van der Waals surface area contributed by atoms with E-state index in [1.54, 1.807) is 55.4 Å². The third kappa shape index (κ3) is 31.8. The molecule has 0 aliphatic carbocycles. The number of nitrogens with one attached hydrogen (secondary N) is 5. The molecule has 0 bridgehead atoms. The fraction of sp³-hybridized carbons (Fsp3) is 0.641. The van der Waals surface area contributed by atoms with Crippen LogP contribution in [0.2, 0.25) is 0 Å². The van der Waals surface area contributed by atoms with E-state index < -0.39 is 89.6 Å². The summed E-state index contributed by atoms with van der Waals surface area (Å²) in [6, 6.07) is 5.31. The maximum Gasteiger partial charge on any atom is 0.490 e. The van der Waals surface area contributed by atoms with Crippen molar-refractivity contribution < 1.29 is 89.1 Å². The van der Waals surface area contributed by atoms with Crippen molar-refractivity contribution >= 4 is 47.9 Å². The van der Waals surface area contributed by atoms with E-state index in [1.807, 2.05) is 30.3 Å². The van der Waals surface area contributed by atoms with Gasteiger partial charge in [0.05, 0.1) is 0 Å². The molecular weight excluding hydrogens is 874 g/mol. The van der Waals surface area contributed by atoms with Gasteiger partial charge in [0.2, 0.25) is 11.8 Å². The third-order valence-corrected chi connectivity index (χ3v) is 7.36. The molecule has 0 spiro atoms. The van der Waals surface area contributed by atoms with Crippen LogP contribution in [-0.2, 0) is 44.8 Å². The molecule has 0 saturated heterocycles. The molecule has 366 valence electrons. The maximum atomic E-state index is 13.3. The summed E-state index contributed by atoms with van der Waals surface area (Å²) in [7, 11) is 0. The minimum Gasteiger partial charge on any atom is -0.475 e. The zero-order chi connectivity index (χ0) is 50.1. The van der Waals surface area contributed by atoms with E-state index in [9.17, 15) is 55.1 Å². The first kappa shape index (κ1) is 60.0. The van der Waals surface area contributed by atoms with E-state index in [-0.39, 0.29) is 31.9 Å². The number of esters is 1. The summed E-state index contributed by atoms with van der Waals surface area (Å²) in [4.78, 5) is 93.3. The van der Waals surface area contributed by atoms with E-state index >= 15 is 0 Å². The first-order chi connectivity index (χ1) is 29.2. The van der Waals surface area contributed by atoms with Crippen molar-refractivity contribution in [2.24, 2.45) is 11.7 Å². The van der Waals surface area contributed by atoms with Gasteiger partial charge in [0.15, 0.2) is 0 Å². The molecule has 3 atom stereocenters. The van der Waals surface area contributed by atoms with Crippen molar-refractivity contribution in [3.8, 4) is 0 Å². The van der Waals surface area contributed by atoms with E-state index in [4.69, 9.17) is 39.7 Å². The number of ether oxygens (including phenoxy) is 3. The fourth-order valence-electron chi connectivity index (χ4n) is 4.49. The Morgan fingerprint density at radius 2 is 1.06 bits per heavy atom. The van der Waals surface area contributed by atoms with Crippen LogP contribution in [0.25, 0.3) is 0 Å². The number of aliphatic carboxylic acids is 2. The van der Waals surface area contributed by atoms with Gasteiger partial charge in [0.1, 0.15) is 35.9 Å². The van der Waals surface area contributed by atoms with Crippen molar-refractivity contribution in [3.63, 3.8) is 0 Å². The number of alkyl carbamates (subject to hydrolysis) is 2. The van der Waals surface area contributed by atoms with Crippen molar-refractivity contribution in [1.29, 1.82) is 0 Å². The summed E-state index contributed by atoms with van der Waals surface area (Å²) in [6.07, 6.45) is -9.18. The number of rotatable bonds is 19. The number of primary amides is 1. The van der Waals surface area contributed by atoms with Gasteiger partial charge >= 0.3 is 48.5 Å². The van der Waals surface area contributed by atoms with E-state index in [0.717, 1.165) is 5.56 Å². The molecule has 0 saturated carbocycles. The van der Waals surface area contributed by atoms with E-state index in [2.05, 4.69) is 26.6 Å². The van der Waals surface area contributed by atoms with Crippen LogP contribution in [0.1, 0.15) is 99.5 Å². The minimum atomic E-state index is -5.08. The zero-order valence-electron chi connectivity index (χ0n) is 36.8. The highest BCUT2D eigenvalue weighted by molar-refractivity contribution is 5.92. The number of alkyl halides is 6. The first-order valence-electron chi connectivity index (χ1n) is 19.6. The lowest BCUT2D eigenvalue weighted by atomic mass is 10.0. The highest BCUT2D eigenvalue weighted by Crippen LogP contribution is 2.15. The molecule has 0 aliphatic rings. The van der Waals surface area contributed by atoms with Crippen LogP contribution >= 0.6 is 0 Å². The van der Waals surface area contributed by atoms with Gasteiger partial charge in [-0.25, -0.2) is 28.8 Å². The number of urea groups is 1. The largest absolute Gasteiger partial charge is 0.490 e. The molecule has 1 aromatic carbocycles. The first-order valence-corrected chi connectivity index (χ1v) is 19.6. The standard InChI is InChI=1S/C35H58N6O9.2C2HF3O2/c1-23(2)27(28(36)42)41-29(43)25(18-12-14-20-37-32(46)48-22-24-16-10-9-11-17-24)39-31(45)40-26(30(44)49-34(3,4)5)19-13-15-21-38-33(47)50-35(6,7)8;2*3-2(4,5)1(6)7/h9-11,16-17,23,25-27H,12-15,18-22H2,1-8H3,(H2,36,42)(H,37,46)(H,38,47)(H,41,43)(H2,39,40,45);2*(H,6,7)/t25-,26+,27+;;/m1../s1. The molecule has 64 heavy (non-hydrogen) atoms. The minimum absolute atomic E-state index is 0.123. The van der Waals surface area contributed by atoms with Crippen LogP contribution in [0.3, 0.4) is 0 Å². The van der Waals surface area contributed by atoms with Gasteiger partial charge in [-0.3, -0.25) is 9.59 Å². The van der Waals surface area contributed by atoms with Crippen LogP contribution in [0, 0.1) is 5.92 Å². The number of carboxylic acids is 2. The molecule has 0 fully saturated rings. The summed E-state index contributed by atoms with van der Waals surface area (Å²) in [5.41, 5.74) is 4.88. The SMILES string of the molecule is CC(C)[C@H](NC(=O)[C@@H](CCCCNC(=O)OCc1ccccc1)NC(=O)N[C@@H](CCCCNC(=O)OC(C)(C)C)C(=O)OC(C)(C)C)C(N)=O.O=C(O)C(F)(F)F.O=C(O)C(F)(F)F. The molecule has 1 rings (SSSR count). The van der Waals surface area contributed by atoms with Crippen LogP contribution in [-0.4, -0.2) is 113 Å². The second kappa shape index (κ2) is 28.6. The van der Waals surface area contributed by atoms with Crippen molar-refractivity contribution in [1.82, 2.24) is 26.6 Å².